The quantitative estimate of drug-likeness (QED) is 0.376. The largest absolute Gasteiger partial charge is 0.487 e. The van der Waals surface area contributed by atoms with Crippen molar-refractivity contribution in [1.82, 2.24) is 4.90 Å². The zero-order valence-corrected chi connectivity index (χ0v) is 20.9. The van der Waals surface area contributed by atoms with Crippen LogP contribution in [0, 0.1) is 0 Å². The molecule has 188 valence electrons. The van der Waals surface area contributed by atoms with Crippen LogP contribution in [-0.2, 0) is 30.4 Å². The molecule has 36 heavy (non-hydrogen) atoms. The number of ether oxygens (including phenoxy) is 1. The molecule has 1 aliphatic heterocycles. The molecule has 3 aromatic carbocycles. The molecule has 0 fully saturated rings. The predicted octanol–water partition coefficient (Wildman–Crippen LogP) is 6.13. The van der Waals surface area contributed by atoms with Gasteiger partial charge in [-0.3, -0.25) is 9.59 Å². The van der Waals surface area contributed by atoms with Crippen LogP contribution in [0.4, 0.5) is 13.2 Å². The molecule has 1 heterocycles. The van der Waals surface area contributed by atoms with Crippen molar-refractivity contribution in [2.75, 3.05) is 6.54 Å². The minimum atomic E-state index is -4.54. The molecule has 0 aromatic heterocycles. The fraction of sp³-hybridized carbons (Fsp3) is 0.259. The third-order valence-electron chi connectivity index (χ3n) is 5.96. The van der Waals surface area contributed by atoms with Gasteiger partial charge in [0.2, 0.25) is 0 Å². The molecule has 0 saturated carbocycles. The Morgan fingerprint density at radius 3 is 2.44 bits per heavy atom. The van der Waals surface area contributed by atoms with E-state index in [0.29, 0.717) is 18.6 Å². The van der Waals surface area contributed by atoms with Gasteiger partial charge in [-0.25, -0.2) is 0 Å². The van der Waals surface area contributed by atoms with Crippen LogP contribution < -0.4 is 4.74 Å². The molecule has 0 radical (unpaired) electrons. The van der Waals surface area contributed by atoms with Gasteiger partial charge < -0.3 is 14.7 Å². The number of nitrogens with zero attached hydrogens (tertiary/aromatic N) is 1. The second-order valence-electron chi connectivity index (χ2n) is 9.11. The summed E-state index contributed by atoms with van der Waals surface area (Å²) in [7, 11) is 0. The van der Waals surface area contributed by atoms with Crippen LogP contribution >= 0.6 is 15.9 Å². The molecule has 3 aromatic rings. The average Bonchev–Trinajstić information content (AvgIpc) is 3.14. The van der Waals surface area contributed by atoms with Crippen LogP contribution in [0.1, 0.15) is 39.5 Å². The maximum Gasteiger partial charge on any atom is 0.416 e. The van der Waals surface area contributed by atoms with Crippen molar-refractivity contribution < 1.29 is 32.6 Å². The molecule has 9 heteroatoms. The normalized spacial score (nSPS) is 16.8. The number of rotatable bonds is 7. The molecule has 1 unspecified atom stereocenters. The number of alkyl halides is 3. The fourth-order valence-corrected chi connectivity index (χ4v) is 4.66. The topological polar surface area (TPSA) is 66.8 Å². The van der Waals surface area contributed by atoms with E-state index in [4.69, 9.17) is 4.74 Å². The van der Waals surface area contributed by atoms with E-state index in [9.17, 15) is 27.9 Å². The van der Waals surface area contributed by atoms with Crippen LogP contribution in [0.3, 0.4) is 0 Å². The van der Waals surface area contributed by atoms with Crippen molar-refractivity contribution in [2.24, 2.45) is 0 Å². The SMILES string of the molecule is CC1(Cc2ccc(Br)cc2)Cc2cc(C(=O)N(CC(=O)O)Cc3cccc(C(F)(F)F)c3)ccc2O1. The van der Waals surface area contributed by atoms with E-state index >= 15 is 0 Å². The van der Waals surface area contributed by atoms with Crippen LogP contribution in [0.15, 0.2) is 71.2 Å². The van der Waals surface area contributed by atoms with Crippen molar-refractivity contribution in [3.63, 3.8) is 0 Å². The minimum absolute atomic E-state index is 0.186. The first-order valence-electron chi connectivity index (χ1n) is 11.2. The highest BCUT2D eigenvalue weighted by atomic mass is 79.9. The molecule has 1 aliphatic rings. The molecule has 4 rings (SSSR count). The lowest BCUT2D eigenvalue weighted by Crippen LogP contribution is -2.35. The highest BCUT2D eigenvalue weighted by Crippen LogP contribution is 2.38. The van der Waals surface area contributed by atoms with Crippen molar-refractivity contribution >= 4 is 27.8 Å². The number of benzene rings is 3. The Balaban J connectivity index is 1.53. The van der Waals surface area contributed by atoms with E-state index in [2.05, 4.69) is 15.9 Å². The molecule has 0 aliphatic carbocycles. The molecule has 1 N–H and O–H groups in total. The van der Waals surface area contributed by atoms with Gasteiger partial charge >= 0.3 is 12.1 Å². The number of aliphatic carboxylic acids is 1. The zero-order chi connectivity index (χ0) is 26.1. The van der Waals surface area contributed by atoms with Crippen molar-refractivity contribution in [3.8, 4) is 5.75 Å². The summed E-state index contributed by atoms with van der Waals surface area (Å²) in [5, 5.41) is 9.33. The van der Waals surface area contributed by atoms with Gasteiger partial charge in [0.1, 0.15) is 17.9 Å². The number of fused-ring (bicyclic) bond motifs is 1. The van der Waals surface area contributed by atoms with Crippen molar-refractivity contribution in [3.05, 3.63) is 99.0 Å². The lowest BCUT2D eigenvalue weighted by Gasteiger charge is -2.24. The van der Waals surface area contributed by atoms with Gasteiger partial charge in [0.05, 0.1) is 5.56 Å². The van der Waals surface area contributed by atoms with Gasteiger partial charge in [-0.05, 0) is 66.1 Å². The highest BCUT2D eigenvalue weighted by Gasteiger charge is 2.36. The van der Waals surface area contributed by atoms with Gasteiger partial charge in [0, 0.05) is 29.4 Å². The van der Waals surface area contributed by atoms with E-state index in [0.717, 1.165) is 32.6 Å². The summed E-state index contributed by atoms with van der Waals surface area (Å²) in [5.74, 6) is -1.20. The second kappa shape index (κ2) is 9.97. The first-order chi connectivity index (χ1) is 16.9. The van der Waals surface area contributed by atoms with Gasteiger partial charge in [-0.15, -0.1) is 0 Å². The van der Waals surface area contributed by atoms with E-state index in [1.165, 1.54) is 12.1 Å². The first kappa shape index (κ1) is 25.8. The molecule has 1 atom stereocenters. The van der Waals surface area contributed by atoms with Crippen LogP contribution in [-0.4, -0.2) is 34.0 Å². The molecule has 0 spiro atoms. The fourth-order valence-electron chi connectivity index (χ4n) is 4.40. The van der Waals surface area contributed by atoms with E-state index in [1.807, 2.05) is 31.2 Å². The number of hydrogen-bond donors (Lipinski definition) is 1. The number of carbonyl (C=O) groups is 2. The van der Waals surface area contributed by atoms with Crippen molar-refractivity contribution in [1.29, 1.82) is 0 Å². The molecule has 5 nitrogen and oxygen atoms in total. The molecular weight excluding hydrogens is 539 g/mol. The Hall–Kier alpha value is -3.33. The van der Waals surface area contributed by atoms with E-state index < -0.39 is 35.8 Å². The third-order valence-corrected chi connectivity index (χ3v) is 6.49. The Morgan fingerprint density at radius 2 is 1.78 bits per heavy atom. The van der Waals surface area contributed by atoms with Crippen LogP contribution in [0.25, 0.3) is 0 Å². The number of halogens is 4. The number of carboxylic acid groups (broad SMARTS) is 1. The van der Waals surface area contributed by atoms with Gasteiger partial charge in [0.25, 0.3) is 5.91 Å². The van der Waals surface area contributed by atoms with Crippen molar-refractivity contribution in [2.45, 2.75) is 38.1 Å². The molecule has 0 saturated heterocycles. The summed E-state index contributed by atoms with van der Waals surface area (Å²) in [4.78, 5) is 25.7. The highest BCUT2D eigenvalue weighted by molar-refractivity contribution is 9.10. The zero-order valence-electron chi connectivity index (χ0n) is 19.3. The number of carbonyl (C=O) groups excluding carboxylic acids is 1. The standard InChI is InChI=1S/C27H23BrF3NO4/c1-26(13-17-5-8-22(28)9-6-17)14-20-12-19(7-10-23(20)36-26)25(35)32(16-24(33)34)15-18-3-2-4-21(11-18)27(29,30)31/h2-12H,13-16H2,1H3,(H,33,34). The summed E-state index contributed by atoms with van der Waals surface area (Å²) in [6.45, 7) is 1.06. The molecular formula is C27H23BrF3NO4. The number of carboxylic acids is 1. The first-order valence-corrected chi connectivity index (χ1v) is 11.9. The Kier molecular flexibility index (Phi) is 7.13. The predicted molar refractivity (Wildman–Crippen MR) is 131 cm³/mol. The summed E-state index contributed by atoms with van der Waals surface area (Å²) in [5.41, 5.74) is 0.969. The average molecular weight is 562 g/mol. The summed E-state index contributed by atoms with van der Waals surface area (Å²) in [6, 6.07) is 17.4. The Labute approximate surface area is 214 Å². The maximum absolute atomic E-state index is 13.2. The third kappa shape index (κ3) is 6.07. The monoisotopic (exact) mass is 561 g/mol. The van der Waals surface area contributed by atoms with Gasteiger partial charge in [-0.1, -0.05) is 40.2 Å². The van der Waals surface area contributed by atoms with E-state index in [-0.39, 0.29) is 17.7 Å². The van der Waals surface area contributed by atoms with Crippen LogP contribution in [0.2, 0.25) is 0 Å². The second-order valence-corrected chi connectivity index (χ2v) is 10.0. The van der Waals surface area contributed by atoms with Gasteiger partial charge in [-0.2, -0.15) is 13.2 Å². The maximum atomic E-state index is 13.2. The lowest BCUT2D eigenvalue weighted by molar-refractivity contribution is -0.139. The Bertz CT molecular complexity index is 1290. The Morgan fingerprint density at radius 1 is 1.06 bits per heavy atom. The number of hydrogen-bond acceptors (Lipinski definition) is 3. The summed E-state index contributed by atoms with van der Waals surface area (Å²) in [6.07, 6.45) is -3.34. The van der Waals surface area contributed by atoms with Gasteiger partial charge in [0.15, 0.2) is 0 Å². The summed E-state index contributed by atoms with van der Waals surface area (Å²) < 4.78 is 46.5. The smallest absolute Gasteiger partial charge is 0.416 e. The van der Waals surface area contributed by atoms with Crippen LogP contribution in [0.5, 0.6) is 5.75 Å². The summed E-state index contributed by atoms with van der Waals surface area (Å²) >= 11 is 3.42. The molecule has 1 amide bonds. The lowest BCUT2D eigenvalue weighted by atomic mass is 9.91. The number of amides is 1. The minimum Gasteiger partial charge on any atom is -0.487 e. The van der Waals surface area contributed by atoms with E-state index in [1.54, 1.807) is 18.2 Å². The molecule has 0 bridgehead atoms.